The number of aliphatic imine (C=N–C) groups is 1. The van der Waals surface area contributed by atoms with Crippen molar-refractivity contribution in [2.24, 2.45) is 4.99 Å². The van der Waals surface area contributed by atoms with Gasteiger partial charge in [-0.2, -0.15) is 4.37 Å². The van der Waals surface area contributed by atoms with E-state index in [1.165, 1.54) is 36.0 Å². The summed E-state index contributed by atoms with van der Waals surface area (Å²) in [5, 5.41) is 0.976. The van der Waals surface area contributed by atoms with Crippen molar-refractivity contribution in [2.45, 2.75) is 26.4 Å². The highest BCUT2D eigenvalue weighted by atomic mass is 32.1. The molecule has 1 aliphatic rings. The highest BCUT2D eigenvalue weighted by molar-refractivity contribution is 7.09. The summed E-state index contributed by atoms with van der Waals surface area (Å²) in [6.45, 7) is 4.72. The van der Waals surface area contributed by atoms with Gasteiger partial charge in [0.15, 0.2) is 16.6 Å². The van der Waals surface area contributed by atoms with Crippen LogP contribution in [0, 0.1) is 12.7 Å². The van der Waals surface area contributed by atoms with E-state index in [4.69, 9.17) is 14.4 Å². The first-order valence-corrected chi connectivity index (χ1v) is 14.3. The normalized spacial score (nSPS) is 14.6. The van der Waals surface area contributed by atoms with Gasteiger partial charge >= 0.3 is 0 Å². The van der Waals surface area contributed by atoms with Crippen LogP contribution in [-0.2, 0) is 6.54 Å². The molecule has 8 nitrogen and oxygen atoms in total. The van der Waals surface area contributed by atoms with E-state index in [1.807, 2.05) is 74.5 Å². The zero-order chi connectivity index (χ0) is 28.8. The summed E-state index contributed by atoms with van der Waals surface area (Å²) in [5.74, 6) is 1.18. The molecule has 42 heavy (non-hydrogen) atoms. The largest absolute Gasteiger partial charge is 0.463 e. The smallest absolute Gasteiger partial charge is 0.258 e. The lowest BCUT2D eigenvalue weighted by atomic mass is 10.0. The van der Waals surface area contributed by atoms with E-state index >= 15 is 0 Å². The average molecular weight is 577 g/mol. The van der Waals surface area contributed by atoms with E-state index in [0.29, 0.717) is 41.1 Å². The molecule has 0 fully saturated rings. The number of carbonyl (C=O) groups is 1. The molecule has 208 valence electrons. The molecule has 3 aromatic heterocycles. The van der Waals surface area contributed by atoms with Gasteiger partial charge in [0.1, 0.15) is 17.2 Å². The number of fused-ring (bicyclic) bond motifs is 2. The van der Waals surface area contributed by atoms with Crippen molar-refractivity contribution in [2.75, 3.05) is 6.54 Å². The summed E-state index contributed by atoms with van der Waals surface area (Å²) in [7, 11) is 0. The summed E-state index contributed by atoms with van der Waals surface area (Å²) in [5.41, 5.74) is 4.01. The third-order valence-corrected chi connectivity index (χ3v) is 8.30. The predicted molar refractivity (Wildman–Crippen MR) is 160 cm³/mol. The van der Waals surface area contributed by atoms with Crippen LogP contribution < -0.4 is 0 Å². The van der Waals surface area contributed by atoms with Crippen molar-refractivity contribution < 1.29 is 13.6 Å². The number of halogens is 1. The summed E-state index contributed by atoms with van der Waals surface area (Å²) < 4.78 is 26.4. The van der Waals surface area contributed by atoms with Crippen molar-refractivity contribution in [3.05, 3.63) is 119 Å². The number of nitrogens with zero attached hydrogens (tertiary/aromatic N) is 6. The van der Waals surface area contributed by atoms with Crippen LogP contribution >= 0.6 is 11.5 Å². The number of imidazole rings is 1. The molecule has 6 aromatic rings. The number of hydrogen-bond donors (Lipinski definition) is 0. The molecule has 1 amide bonds. The summed E-state index contributed by atoms with van der Waals surface area (Å²) in [6, 6.07) is 23.9. The Bertz CT molecular complexity index is 1920. The van der Waals surface area contributed by atoms with Gasteiger partial charge in [0, 0.05) is 24.2 Å². The fourth-order valence-electron chi connectivity index (χ4n) is 5.50. The van der Waals surface area contributed by atoms with Gasteiger partial charge in [-0.3, -0.25) is 4.79 Å². The number of hydrogen-bond acceptors (Lipinski definition) is 7. The summed E-state index contributed by atoms with van der Waals surface area (Å²) in [6.07, 6.45) is 1.40. The SMILES string of the molecule is Cc1nsc(-c2nc(N=C(c3ccccc3)c3ccccc3)c3n2CCN(C(=O)c2ccc(F)c4ccoc24)[C@@H]3C)n1. The lowest BCUT2D eigenvalue weighted by Crippen LogP contribution is -2.41. The molecule has 0 saturated carbocycles. The Labute approximate surface area is 245 Å². The molecular formula is C32H25FN6O2S. The van der Waals surface area contributed by atoms with Gasteiger partial charge in [-0.15, -0.1) is 0 Å². The molecule has 0 saturated heterocycles. The lowest BCUT2D eigenvalue weighted by Gasteiger charge is -2.35. The summed E-state index contributed by atoms with van der Waals surface area (Å²) >= 11 is 1.29. The van der Waals surface area contributed by atoms with Crippen molar-refractivity contribution in [3.8, 4) is 10.8 Å². The first kappa shape index (κ1) is 26.0. The quantitative estimate of drug-likeness (QED) is 0.207. The number of amides is 1. The number of furan rings is 1. The zero-order valence-electron chi connectivity index (χ0n) is 22.9. The van der Waals surface area contributed by atoms with Crippen LogP contribution in [0.3, 0.4) is 0 Å². The maximum Gasteiger partial charge on any atom is 0.258 e. The van der Waals surface area contributed by atoms with Crippen molar-refractivity contribution in [1.82, 2.24) is 23.8 Å². The predicted octanol–water partition coefficient (Wildman–Crippen LogP) is 6.98. The third-order valence-electron chi connectivity index (χ3n) is 7.50. The van der Waals surface area contributed by atoms with E-state index in [0.717, 1.165) is 22.5 Å². The minimum atomic E-state index is -0.428. The van der Waals surface area contributed by atoms with Gasteiger partial charge in [0.2, 0.25) is 0 Å². The highest BCUT2D eigenvalue weighted by Gasteiger charge is 2.35. The first-order chi connectivity index (χ1) is 20.5. The maximum atomic E-state index is 14.4. The molecule has 3 aromatic carbocycles. The minimum absolute atomic E-state index is 0.241. The fourth-order valence-corrected chi connectivity index (χ4v) is 6.17. The number of aromatic nitrogens is 4. The molecular weight excluding hydrogens is 551 g/mol. The zero-order valence-corrected chi connectivity index (χ0v) is 23.7. The molecule has 1 atom stereocenters. The first-order valence-electron chi connectivity index (χ1n) is 13.6. The van der Waals surface area contributed by atoms with Crippen molar-refractivity contribution >= 4 is 39.9 Å². The Balaban J connectivity index is 1.39. The van der Waals surface area contributed by atoms with Crippen molar-refractivity contribution in [1.29, 1.82) is 0 Å². The van der Waals surface area contributed by atoms with Crippen LogP contribution in [0.5, 0.6) is 0 Å². The van der Waals surface area contributed by atoms with Crippen LogP contribution in [0.1, 0.15) is 46.0 Å². The fraction of sp³-hybridized carbons (Fsp3) is 0.156. The molecule has 0 unspecified atom stereocenters. The molecule has 0 aliphatic carbocycles. The van der Waals surface area contributed by atoms with Gasteiger partial charge < -0.3 is 13.9 Å². The Kier molecular flexibility index (Phi) is 6.47. The second-order valence-corrected chi connectivity index (χ2v) is 10.8. The number of carbonyl (C=O) groups excluding carboxylic acids is 1. The average Bonchev–Trinajstić information content (AvgIpc) is 3.76. The molecule has 7 rings (SSSR count). The number of benzene rings is 3. The van der Waals surface area contributed by atoms with Gasteiger partial charge in [0.25, 0.3) is 5.91 Å². The molecule has 10 heteroatoms. The highest BCUT2D eigenvalue weighted by Crippen LogP contribution is 2.39. The maximum absolute atomic E-state index is 14.4. The van der Waals surface area contributed by atoms with Crippen molar-refractivity contribution in [3.63, 3.8) is 0 Å². The Morgan fingerprint density at radius 1 is 0.976 bits per heavy atom. The second kappa shape index (κ2) is 10.5. The van der Waals surface area contributed by atoms with Crippen LogP contribution in [0.4, 0.5) is 10.2 Å². The Morgan fingerprint density at radius 3 is 2.36 bits per heavy atom. The van der Waals surface area contributed by atoms with Crippen LogP contribution in [-0.4, -0.2) is 42.0 Å². The third kappa shape index (κ3) is 4.40. The standard InChI is InChI=1S/C32H25FN6O2S/c1-19-27-29(35-26(21-9-5-3-6-10-21)22-11-7-4-8-12-22)36-30(31-34-20(2)37-42-31)39(27)17-16-38(19)32(40)24-13-14-25(33)23-15-18-41-28(23)24/h3-15,18-19H,16-17H2,1-2H3/t19-/m1/s1. The van der Waals surface area contributed by atoms with E-state index in [9.17, 15) is 9.18 Å². The van der Waals surface area contributed by atoms with E-state index in [1.54, 1.807) is 4.90 Å². The monoisotopic (exact) mass is 576 g/mol. The lowest BCUT2D eigenvalue weighted by molar-refractivity contribution is 0.0646. The van der Waals surface area contributed by atoms with Crippen LogP contribution in [0.25, 0.3) is 21.8 Å². The molecule has 0 radical (unpaired) electrons. The Morgan fingerprint density at radius 2 is 1.69 bits per heavy atom. The van der Waals surface area contributed by atoms with Gasteiger partial charge in [-0.25, -0.2) is 19.4 Å². The van der Waals surface area contributed by atoms with E-state index in [-0.39, 0.29) is 16.9 Å². The number of aryl methyl sites for hydroxylation is 1. The van der Waals surface area contributed by atoms with Gasteiger partial charge in [-0.05, 0) is 43.6 Å². The van der Waals surface area contributed by atoms with Crippen LogP contribution in [0.15, 0.2) is 94.5 Å². The number of rotatable bonds is 5. The summed E-state index contributed by atoms with van der Waals surface area (Å²) in [4.78, 5) is 30.5. The van der Waals surface area contributed by atoms with Gasteiger partial charge in [0.05, 0.1) is 34.7 Å². The molecule has 0 bridgehead atoms. The molecule has 0 spiro atoms. The minimum Gasteiger partial charge on any atom is -0.463 e. The second-order valence-electron chi connectivity index (χ2n) is 10.1. The van der Waals surface area contributed by atoms with Crippen LogP contribution in [0.2, 0.25) is 0 Å². The van der Waals surface area contributed by atoms with Gasteiger partial charge in [-0.1, -0.05) is 60.7 Å². The van der Waals surface area contributed by atoms with E-state index < -0.39 is 11.9 Å². The molecule has 4 heterocycles. The molecule has 1 aliphatic heterocycles. The van der Waals surface area contributed by atoms with E-state index in [2.05, 4.69) is 13.9 Å². The molecule has 0 N–H and O–H groups in total. The topological polar surface area (TPSA) is 89.4 Å². The Hall–Kier alpha value is -4.96.